The van der Waals surface area contributed by atoms with Gasteiger partial charge in [0.05, 0.1) is 13.2 Å². The highest BCUT2D eigenvalue weighted by Gasteiger charge is 2.22. The van der Waals surface area contributed by atoms with Gasteiger partial charge in [-0.2, -0.15) is 0 Å². The number of hydrogen-bond acceptors (Lipinski definition) is 8. The lowest BCUT2D eigenvalue weighted by atomic mass is 10.1. The minimum Gasteiger partial charge on any atom is -0.488 e. The second kappa shape index (κ2) is 9.89. The molecule has 0 fully saturated rings. The van der Waals surface area contributed by atoms with Crippen LogP contribution in [0.4, 0.5) is 11.4 Å². The van der Waals surface area contributed by atoms with Crippen molar-refractivity contribution < 1.29 is 9.47 Å². The standard InChI is InChI=1S/C19H26N2O6/c1-3-26-18-12(14(22)16(18)24)20-10-8-6-5-7-9-11-21-13-15(23)17(25)19(13)27-4-2/h20-21H,3-11H2,1-2H3. The van der Waals surface area contributed by atoms with Crippen LogP contribution in [0.5, 0.6) is 11.5 Å². The van der Waals surface area contributed by atoms with Crippen molar-refractivity contribution >= 4 is 11.4 Å². The molecule has 0 saturated heterocycles. The summed E-state index contributed by atoms with van der Waals surface area (Å²) in [7, 11) is 0. The van der Waals surface area contributed by atoms with Crippen LogP contribution in [0.15, 0.2) is 19.2 Å². The molecule has 0 aliphatic heterocycles. The van der Waals surface area contributed by atoms with E-state index in [1.54, 1.807) is 13.8 Å². The fourth-order valence-electron chi connectivity index (χ4n) is 2.83. The van der Waals surface area contributed by atoms with E-state index in [0.717, 1.165) is 32.1 Å². The van der Waals surface area contributed by atoms with Crippen molar-refractivity contribution in [1.29, 1.82) is 0 Å². The Hall–Kier alpha value is -2.64. The van der Waals surface area contributed by atoms with Crippen LogP contribution in [0.3, 0.4) is 0 Å². The van der Waals surface area contributed by atoms with Gasteiger partial charge in [-0.05, 0) is 26.7 Å². The number of hydrogen-bond donors (Lipinski definition) is 2. The molecule has 2 aromatic rings. The van der Waals surface area contributed by atoms with Crippen LogP contribution >= 0.6 is 0 Å². The molecule has 0 unspecified atom stereocenters. The van der Waals surface area contributed by atoms with Gasteiger partial charge < -0.3 is 20.1 Å². The van der Waals surface area contributed by atoms with Crippen LogP contribution in [0, 0.1) is 0 Å². The molecule has 0 atom stereocenters. The van der Waals surface area contributed by atoms with Gasteiger partial charge in [-0.15, -0.1) is 0 Å². The topological polar surface area (TPSA) is 111 Å². The Labute approximate surface area is 156 Å². The molecule has 2 N–H and O–H groups in total. The third-order valence-electron chi connectivity index (χ3n) is 4.27. The second-order valence-electron chi connectivity index (χ2n) is 6.21. The lowest BCUT2D eigenvalue weighted by Crippen LogP contribution is -2.36. The first-order valence-corrected chi connectivity index (χ1v) is 9.42. The molecule has 0 bridgehead atoms. The Balaban J connectivity index is 1.55. The van der Waals surface area contributed by atoms with Gasteiger partial charge in [0.25, 0.3) is 21.7 Å². The molecule has 8 heteroatoms. The molecular weight excluding hydrogens is 352 g/mol. The summed E-state index contributed by atoms with van der Waals surface area (Å²) in [6, 6.07) is 0. The van der Waals surface area contributed by atoms with Crippen LogP contribution in [-0.2, 0) is 0 Å². The molecule has 0 aliphatic carbocycles. The molecule has 0 aliphatic rings. The maximum Gasteiger partial charge on any atom is 0.272 e. The molecular formula is C19H26N2O6. The van der Waals surface area contributed by atoms with Crippen LogP contribution in [-0.4, -0.2) is 26.3 Å². The summed E-state index contributed by atoms with van der Waals surface area (Å²) >= 11 is 0. The predicted octanol–water partition coefficient (Wildman–Crippen LogP) is 1.15. The molecule has 0 amide bonds. The Kier molecular flexibility index (Phi) is 7.57. The molecule has 0 heterocycles. The molecule has 148 valence electrons. The van der Waals surface area contributed by atoms with Crippen molar-refractivity contribution in [3.8, 4) is 11.5 Å². The van der Waals surface area contributed by atoms with E-state index in [9.17, 15) is 19.2 Å². The molecule has 27 heavy (non-hydrogen) atoms. The van der Waals surface area contributed by atoms with Crippen molar-refractivity contribution in [1.82, 2.24) is 0 Å². The summed E-state index contributed by atoms with van der Waals surface area (Å²) in [5.74, 6) is 0.302. The highest BCUT2D eigenvalue weighted by molar-refractivity contribution is 5.62. The maximum absolute atomic E-state index is 11.5. The van der Waals surface area contributed by atoms with Crippen molar-refractivity contribution in [3.63, 3.8) is 0 Å². The molecule has 0 radical (unpaired) electrons. The molecule has 0 spiro atoms. The van der Waals surface area contributed by atoms with Gasteiger partial charge in [0.1, 0.15) is 11.4 Å². The van der Waals surface area contributed by atoms with Gasteiger partial charge in [0.2, 0.25) is 0 Å². The van der Waals surface area contributed by atoms with Crippen LogP contribution in [0.2, 0.25) is 0 Å². The quantitative estimate of drug-likeness (QED) is 0.372. The first-order chi connectivity index (χ1) is 13.0. The van der Waals surface area contributed by atoms with Crippen LogP contribution < -0.4 is 41.8 Å². The van der Waals surface area contributed by atoms with Gasteiger partial charge >= 0.3 is 0 Å². The zero-order chi connectivity index (χ0) is 19.8. The second-order valence-corrected chi connectivity index (χ2v) is 6.21. The minimum atomic E-state index is -0.555. The average Bonchev–Trinajstić information content (AvgIpc) is 2.69. The van der Waals surface area contributed by atoms with E-state index in [0.29, 0.717) is 37.7 Å². The predicted molar refractivity (Wildman–Crippen MR) is 105 cm³/mol. The number of unbranched alkanes of at least 4 members (excludes halogenated alkanes) is 4. The van der Waals surface area contributed by atoms with E-state index in [1.807, 2.05) is 0 Å². The van der Waals surface area contributed by atoms with Gasteiger partial charge in [-0.25, -0.2) is 0 Å². The summed E-state index contributed by atoms with van der Waals surface area (Å²) in [5.41, 5.74) is -1.53. The van der Waals surface area contributed by atoms with Gasteiger partial charge in [-0.1, -0.05) is 19.3 Å². The zero-order valence-corrected chi connectivity index (χ0v) is 15.8. The van der Waals surface area contributed by atoms with E-state index in [4.69, 9.17) is 9.47 Å². The summed E-state index contributed by atoms with van der Waals surface area (Å²) in [4.78, 5) is 45.6. The van der Waals surface area contributed by atoms with E-state index >= 15 is 0 Å². The molecule has 2 rings (SSSR count). The average molecular weight is 378 g/mol. The Morgan fingerprint density at radius 3 is 1.33 bits per heavy atom. The van der Waals surface area contributed by atoms with Crippen LogP contribution in [0.25, 0.3) is 0 Å². The summed E-state index contributed by atoms with van der Waals surface area (Å²) in [6.45, 7) is 5.48. The summed E-state index contributed by atoms with van der Waals surface area (Å²) in [5, 5.41) is 5.95. The fourth-order valence-corrected chi connectivity index (χ4v) is 2.83. The fraction of sp³-hybridized carbons (Fsp3) is 0.579. The third-order valence-corrected chi connectivity index (χ3v) is 4.27. The third kappa shape index (κ3) is 4.75. The minimum absolute atomic E-state index is 0.151. The van der Waals surface area contributed by atoms with E-state index < -0.39 is 21.7 Å². The van der Waals surface area contributed by atoms with E-state index in [-0.39, 0.29) is 11.5 Å². The van der Waals surface area contributed by atoms with Gasteiger partial charge in [0, 0.05) is 13.1 Å². The van der Waals surface area contributed by atoms with Gasteiger partial charge in [-0.3, -0.25) is 19.2 Å². The number of ether oxygens (including phenoxy) is 2. The Morgan fingerprint density at radius 1 is 0.593 bits per heavy atom. The van der Waals surface area contributed by atoms with Gasteiger partial charge in [0.15, 0.2) is 11.5 Å². The summed E-state index contributed by atoms with van der Waals surface area (Å²) in [6.07, 6.45) is 4.74. The first kappa shape index (κ1) is 20.7. The largest absolute Gasteiger partial charge is 0.488 e. The monoisotopic (exact) mass is 378 g/mol. The lowest BCUT2D eigenvalue weighted by molar-refractivity contribution is 0.334. The zero-order valence-electron chi connectivity index (χ0n) is 15.8. The van der Waals surface area contributed by atoms with Crippen molar-refractivity contribution in [3.05, 3.63) is 40.9 Å². The van der Waals surface area contributed by atoms with E-state index in [1.165, 1.54) is 0 Å². The number of rotatable bonds is 14. The Morgan fingerprint density at radius 2 is 0.963 bits per heavy atom. The first-order valence-electron chi connectivity index (χ1n) is 9.42. The molecule has 8 nitrogen and oxygen atoms in total. The SMILES string of the molecule is CCOc1c(NCCCCCCCNc2c(OCC)c(=O)c2=O)c(=O)c1=O. The highest BCUT2D eigenvalue weighted by Crippen LogP contribution is 2.18. The number of anilines is 2. The van der Waals surface area contributed by atoms with Crippen molar-refractivity contribution in [2.24, 2.45) is 0 Å². The Bertz CT molecular complexity index is 814. The maximum atomic E-state index is 11.5. The normalized spacial score (nSPS) is 11.0. The van der Waals surface area contributed by atoms with Crippen molar-refractivity contribution in [2.45, 2.75) is 46.0 Å². The van der Waals surface area contributed by atoms with Crippen LogP contribution in [0.1, 0.15) is 46.0 Å². The van der Waals surface area contributed by atoms with E-state index in [2.05, 4.69) is 10.6 Å². The lowest BCUT2D eigenvalue weighted by Gasteiger charge is -2.13. The smallest absolute Gasteiger partial charge is 0.272 e. The molecule has 0 saturated carbocycles. The highest BCUT2D eigenvalue weighted by atomic mass is 16.5. The summed E-state index contributed by atoms with van der Waals surface area (Å²) < 4.78 is 10.3. The van der Waals surface area contributed by atoms with Crippen molar-refractivity contribution in [2.75, 3.05) is 36.9 Å². The molecule has 2 aromatic carbocycles. The number of nitrogens with one attached hydrogen (secondary N) is 2. The molecule has 0 aromatic heterocycles.